The number of aliphatic hydroxyl groups excluding tert-OH is 1. The van der Waals surface area contributed by atoms with Gasteiger partial charge in [-0.3, -0.25) is 24.0 Å². The average molecular weight is 886 g/mol. The lowest BCUT2D eigenvalue weighted by atomic mass is 9.80. The van der Waals surface area contributed by atoms with Gasteiger partial charge in [-0.25, -0.2) is 4.98 Å². The number of rotatable bonds is 6. The van der Waals surface area contributed by atoms with E-state index in [9.17, 15) is 39.3 Å². The third kappa shape index (κ3) is 9.13. The molecule has 8 atom stereocenters. The Morgan fingerprint density at radius 1 is 1.03 bits per heavy atom. The molecule has 1 aliphatic carbocycles. The summed E-state index contributed by atoms with van der Waals surface area (Å²) in [6.07, 6.45) is 5.93. The number of Topliss-reactive ketones (excluding diaryl/α,β-unsaturated/α-hetero) is 1. The lowest BCUT2D eigenvalue weighted by Crippen LogP contribution is -2.40. The smallest absolute Gasteiger partial charge is 0.312 e. The molecule has 5 N–H and O–H groups in total. The number of nitrogens with one attached hydrogen (secondary N) is 2. The van der Waals surface area contributed by atoms with E-state index in [0.29, 0.717) is 6.42 Å². The monoisotopic (exact) mass is 885 g/mol. The van der Waals surface area contributed by atoms with Crippen LogP contribution in [0.2, 0.25) is 0 Å². The van der Waals surface area contributed by atoms with Crippen LogP contribution in [0.3, 0.4) is 0 Å². The van der Waals surface area contributed by atoms with Crippen molar-refractivity contribution in [3.05, 3.63) is 69.6 Å². The van der Waals surface area contributed by atoms with Crippen LogP contribution in [0.1, 0.15) is 77.7 Å². The highest BCUT2D eigenvalue weighted by Crippen LogP contribution is 2.51. The molecule has 0 saturated heterocycles. The number of benzene rings is 3. The zero-order valence-corrected chi connectivity index (χ0v) is 37.5. The summed E-state index contributed by atoms with van der Waals surface area (Å²) in [6, 6.07) is 2.66. The standard InChI is InChI=1S/C47H55N3O14/c1-21-12-11-13-22(2)46(58)50-38-41(56)34-33(37-44(38)63-32-20-29(19-30(53)36(32)49-37)60-17-15-48-27(7)51)35-43(26(6)40(34)55)64-47(9,45(35)57)61-16-14-31(59-10)25(5)42(62-28(8)52)24(4)18-23(3)39(21)54/h11-14,16,19-21,23-25,31,39,42,53-55H,15,17-18H2,1-10H3,(H,48,51)(H,50,58)/b12-11+,16-14+,22-13-/t21-,23-,24+,25+,31-,39-,42-,47-/m0/s1. The predicted octanol–water partition coefficient (Wildman–Crippen LogP) is 6.20. The van der Waals surface area contributed by atoms with Crippen LogP contribution in [-0.2, 0) is 28.6 Å². The van der Waals surface area contributed by atoms with Gasteiger partial charge in [0.2, 0.25) is 11.3 Å². The van der Waals surface area contributed by atoms with Crippen LogP contribution in [0, 0.1) is 30.6 Å². The molecule has 4 bridgehead atoms. The highest BCUT2D eigenvalue weighted by atomic mass is 16.7. The number of phenols is 2. The van der Waals surface area contributed by atoms with Crippen molar-refractivity contribution in [1.82, 2.24) is 10.3 Å². The summed E-state index contributed by atoms with van der Waals surface area (Å²) < 4.78 is 35.9. The van der Waals surface area contributed by atoms with Gasteiger partial charge in [-0.05, 0) is 38.2 Å². The van der Waals surface area contributed by atoms with Crippen LogP contribution < -0.4 is 25.5 Å². The number of anilines is 1. The van der Waals surface area contributed by atoms with Gasteiger partial charge in [0.25, 0.3) is 11.7 Å². The molecule has 0 fully saturated rings. The number of aromatic nitrogens is 1. The third-order valence-corrected chi connectivity index (χ3v) is 11.9. The van der Waals surface area contributed by atoms with Crippen LogP contribution >= 0.6 is 0 Å². The molecule has 2 amide bonds. The first-order valence-electron chi connectivity index (χ1n) is 21.0. The maximum absolute atomic E-state index is 14.7. The normalized spacial score (nSPS) is 27.4. The Kier molecular flexibility index (Phi) is 13.8. The Bertz CT molecular complexity index is 2630. The highest BCUT2D eigenvalue weighted by molar-refractivity contribution is 6.22. The first kappa shape index (κ1) is 47.0. The lowest BCUT2D eigenvalue weighted by molar-refractivity contribution is -0.155. The van der Waals surface area contributed by atoms with Gasteiger partial charge < -0.3 is 54.1 Å². The fourth-order valence-electron chi connectivity index (χ4n) is 8.42. The van der Waals surface area contributed by atoms with Crippen molar-refractivity contribution in [2.45, 2.75) is 92.8 Å². The van der Waals surface area contributed by atoms with Gasteiger partial charge >= 0.3 is 11.8 Å². The number of nitrogens with zero attached hydrogens (tertiary/aromatic N) is 1. The van der Waals surface area contributed by atoms with E-state index in [2.05, 4.69) is 10.6 Å². The molecular formula is C47H55N3O14. The molecule has 3 aliphatic heterocycles. The predicted molar refractivity (Wildman–Crippen MR) is 235 cm³/mol. The van der Waals surface area contributed by atoms with E-state index in [1.807, 2.05) is 27.7 Å². The molecule has 342 valence electrons. The number of carbonyl (C=O) groups is 4. The van der Waals surface area contributed by atoms with Gasteiger partial charge in [0, 0.05) is 68.4 Å². The van der Waals surface area contributed by atoms with Crippen molar-refractivity contribution >= 4 is 51.1 Å². The summed E-state index contributed by atoms with van der Waals surface area (Å²) >= 11 is 0. The molecule has 64 heavy (non-hydrogen) atoms. The summed E-state index contributed by atoms with van der Waals surface area (Å²) in [6.45, 7) is 14.7. The molecule has 17 heteroatoms. The number of carbonyl (C=O) groups excluding carboxylic acids is 4. The molecule has 0 radical (unpaired) electrons. The van der Waals surface area contributed by atoms with E-state index in [-0.39, 0.29) is 98.3 Å². The number of aliphatic hydroxyl groups is 1. The Morgan fingerprint density at radius 2 is 1.75 bits per heavy atom. The van der Waals surface area contributed by atoms with E-state index < -0.39 is 70.3 Å². The van der Waals surface area contributed by atoms with Crippen LogP contribution in [0.5, 0.6) is 23.0 Å². The topological polar surface area (TPSA) is 242 Å². The molecule has 4 aliphatic rings. The number of hydrogen-bond acceptors (Lipinski definition) is 15. The number of ether oxygens (including phenoxy) is 5. The second kappa shape index (κ2) is 18.7. The molecule has 0 saturated carbocycles. The van der Waals surface area contributed by atoms with Crippen LogP contribution in [-0.4, -0.2) is 88.2 Å². The Balaban J connectivity index is 1.58. The number of phenolic OH excluding ortho intramolecular Hbond substituents is 2. The molecule has 6 rings (SSSR count). The fourth-order valence-corrected chi connectivity index (χ4v) is 8.42. The van der Waals surface area contributed by atoms with Crippen molar-refractivity contribution in [1.29, 1.82) is 0 Å². The van der Waals surface area contributed by atoms with Crippen LogP contribution in [0.4, 0.5) is 5.69 Å². The van der Waals surface area contributed by atoms with E-state index in [1.54, 1.807) is 18.2 Å². The summed E-state index contributed by atoms with van der Waals surface area (Å²) in [7, 11) is 1.48. The largest absolute Gasteiger partial charge is 0.507 e. The van der Waals surface area contributed by atoms with Crippen molar-refractivity contribution in [3.8, 4) is 34.5 Å². The maximum Gasteiger partial charge on any atom is 0.312 e. The van der Waals surface area contributed by atoms with Gasteiger partial charge in [-0.1, -0.05) is 45.9 Å². The number of amides is 2. The second-order valence-corrected chi connectivity index (χ2v) is 16.8. The second-order valence-electron chi connectivity index (χ2n) is 16.8. The number of allylic oxidation sites excluding steroid dienone is 2. The first-order chi connectivity index (χ1) is 30.2. The molecular weight excluding hydrogens is 831 g/mol. The fraction of sp³-hybridized carbons (Fsp3) is 0.447. The Labute approximate surface area is 369 Å². The van der Waals surface area contributed by atoms with Gasteiger partial charge in [-0.15, -0.1) is 0 Å². The number of esters is 1. The SMILES string of the molecule is CO[C@H]1/C=C/O[C@@]2(C)Oc3c(C)c(O)c4c(=O)c(c5oc6cc(OCCNC(C)=O)cc(O)c6nc-5c4c3C2=O)NC(=O)/C(C)=C\C=C\[C@H](C)[C@H](O)[C@@H](C)C[C@@H](C)[C@H](OC(C)=O)[C@@H]1C. The zero-order valence-electron chi connectivity index (χ0n) is 37.5. The van der Waals surface area contributed by atoms with Crippen molar-refractivity contribution in [2.75, 3.05) is 25.6 Å². The molecule has 0 spiro atoms. The van der Waals surface area contributed by atoms with Crippen LogP contribution in [0.25, 0.3) is 33.3 Å². The molecule has 17 nitrogen and oxygen atoms in total. The summed E-state index contributed by atoms with van der Waals surface area (Å²) in [5.74, 6) is -6.92. The number of ketones is 1. The Hall–Kier alpha value is -6.46. The minimum atomic E-state index is -2.07. The Morgan fingerprint density at radius 3 is 2.42 bits per heavy atom. The summed E-state index contributed by atoms with van der Waals surface area (Å²) in [4.78, 5) is 71.7. The molecule has 2 aromatic carbocycles. The average Bonchev–Trinajstić information content (AvgIpc) is 3.50. The minimum Gasteiger partial charge on any atom is -0.507 e. The van der Waals surface area contributed by atoms with E-state index >= 15 is 0 Å². The van der Waals surface area contributed by atoms with Crippen molar-refractivity contribution in [2.24, 2.45) is 23.7 Å². The zero-order chi connectivity index (χ0) is 46.9. The minimum absolute atomic E-state index is 0.0152. The van der Waals surface area contributed by atoms with E-state index in [0.717, 1.165) is 0 Å². The maximum atomic E-state index is 14.7. The first-order valence-corrected chi connectivity index (χ1v) is 21.0. The van der Waals surface area contributed by atoms with Crippen LogP contribution in [0.15, 0.2) is 57.5 Å². The molecule has 2 aromatic rings. The van der Waals surface area contributed by atoms with Gasteiger partial charge in [0.05, 0.1) is 36.0 Å². The van der Waals surface area contributed by atoms with Gasteiger partial charge in [-0.2, -0.15) is 0 Å². The lowest BCUT2D eigenvalue weighted by Gasteiger charge is -2.34. The highest BCUT2D eigenvalue weighted by Gasteiger charge is 2.50. The van der Waals surface area contributed by atoms with E-state index in [1.165, 1.54) is 66.2 Å². The summed E-state index contributed by atoms with van der Waals surface area (Å²) in [5, 5.41) is 39.0. The number of methoxy groups -OCH3 is 1. The van der Waals surface area contributed by atoms with Crippen molar-refractivity contribution in [3.63, 3.8) is 0 Å². The number of hydrogen-bond donors (Lipinski definition) is 5. The molecule has 0 unspecified atom stereocenters. The molecule has 0 aromatic heterocycles. The van der Waals surface area contributed by atoms with Crippen molar-refractivity contribution < 1.29 is 62.6 Å². The third-order valence-electron chi connectivity index (χ3n) is 11.9. The van der Waals surface area contributed by atoms with Gasteiger partial charge in [0.1, 0.15) is 52.6 Å². The van der Waals surface area contributed by atoms with Gasteiger partial charge in [0.15, 0.2) is 11.3 Å². The van der Waals surface area contributed by atoms with E-state index in [4.69, 9.17) is 33.1 Å². The molecule has 3 heterocycles. The quantitative estimate of drug-likeness (QED) is 0.0627. The number of aromatic hydroxyl groups is 2. The number of fused-ring (bicyclic) bond motifs is 2. The summed E-state index contributed by atoms with van der Waals surface area (Å²) in [5.41, 5.74) is -1.76.